The number of nitrogens with one attached hydrogen (secondary N) is 1. The van der Waals surface area contributed by atoms with E-state index in [1.807, 2.05) is 6.07 Å². The minimum absolute atomic E-state index is 0.120. The van der Waals surface area contributed by atoms with Crippen molar-refractivity contribution in [2.24, 2.45) is 0 Å². The number of aromatic nitrogens is 2. The summed E-state index contributed by atoms with van der Waals surface area (Å²) in [5, 5.41) is 11.5. The van der Waals surface area contributed by atoms with Crippen LogP contribution >= 0.6 is 11.6 Å². The van der Waals surface area contributed by atoms with Crippen LogP contribution in [0.4, 0.5) is 5.95 Å². The average molecular weight is 259 g/mol. The van der Waals surface area contributed by atoms with Gasteiger partial charge in [-0.15, -0.1) is 0 Å². The van der Waals surface area contributed by atoms with Crippen molar-refractivity contribution in [2.45, 2.75) is 0 Å². The normalized spacial score (nSPS) is 9.56. The molecule has 1 heterocycles. The van der Waals surface area contributed by atoms with E-state index < -0.39 is 5.91 Å². The van der Waals surface area contributed by atoms with Gasteiger partial charge in [-0.3, -0.25) is 10.1 Å². The van der Waals surface area contributed by atoms with Gasteiger partial charge in [-0.1, -0.05) is 17.7 Å². The molecule has 2 rings (SSSR count). The number of halogens is 1. The summed E-state index contributed by atoms with van der Waals surface area (Å²) in [4.78, 5) is 19.5. The van der Waals surface area contributed by atoms with Gasteiger partial charge in [-0.05, 0) is 24.3 Å². The van der Waals surface area contributed by atoms with Crippen molar-refractivity contribution in [1.82, 2.24) is 9.97 Å². The number of amides is 1. The van der Waals surface area contributed by atoms with E-state index in [4.69, 9.17) is 16.9 Å². The third kappa shape index (κ3) is 2.81. The Hall–Kier alpha value is -2.45. The number of hydrogen-bond donors (Lipinski definition) is 1. The van der Waals surface area contributed by atoms with Crippen LogP contribution in [0.3, 0.4) is 0 Å². The van der Waals surface area contributed by atoms with Crippen molar-refractivity contribution in [3.63, 3.8) is 0 Å². The molecule has 0 saturated heterocycles. The Morgan fingerprint density at radius 3 is 2.94 bits per heavy atom. The maximum Gasteiger partial charge on any atom is 0.258 e. The zero-order chi connectivity index (χ0) is 13.0. The van der Waals surface area contributed by atoms with E-state index in [0.29, 0.717) is 11.1 Å². The highest BCUT2D eigenvalue weighted by Crippen LogP contribution is 2.09. The van der Waals surface area contributed by atoms with Gasteiger partial charge < -0.3 is 0 Å². The number of benzene rings is 1. The van der Waals surface area contributed by atoms with Crippen LogP contribution in [0.1, 0.15) is 15.9 Å². The summed E-state index contributed by atoms with van der Waals surface area (Å²) >= 11 is 5.68. The van der Waals surface area contributed by atoms with E-state index in [1.54, 1.807) is 18.2 Å². The Morgan fingerprint density at radius 1 is 1.39 bits per heavy atom. The van der Waals surface area contributed by atoms with E-state index >= 15 is 0 Å². The molecule has 0 fully saturated rings. The molecular formula is C12H7ClN4O. The van der Waals surface area contributed by atoms with E-state index in [9.17, 15) is 4.79 Å². The molecule has 18 heavy (non-hydrogen) atoms. The minimum atomic E-state index is -0.394. The molecule has 88 valence electrons. The Kier molecular flexibility index (Phi) is 3.51. The summed E-state index contributed by atoms with van der Waals surface area (Å²) in [6.45, 7) is 0. The number of hydrogen-bond acceptors (Lipinski definition) is 4. The highest BCUT2D eigenvalue weighted by molar-refractivity contribution is 6.29. The van der Waals surface area contributed by atoms with Gasteiger partial charge in [0.05, 0.1) is 11.6 Å². The molecule has 1 aromatic carbocycles. The summed E-state index contributed by atoms with van der Waals surface area (Å²) in [6.07, 6.45) is 1.44. The lowest BCUT2D eigenvalue weighted by Gasteiger charge is -2.03. The minimum Gasteiger partial charge on any atom is -0.290 e. The monoisotopic (exact) mass is 258 g/mol. The van der Waals surface area contributed by atoms with Crippen LogP contribution in [0.15, 0.2) is 36.5 Å². The van der Waals surface area contributed by atoms with Crippen molar-refractivity contribution in [1.29, 1.82) is 5.26 Å². The van der Waals surface area contributed by atoms with Gasteiger partial charge in [-0.25, -0.2) is 9.97 Å². The molecule has 0 aliphatic carbocycles. The van der Waals surface area contributed by atoms with E-state index in [0.717, 1.165) is 0 Å². The maximum atomic E-state index is 11.8. The summed E-state index contributed by atoms with van der Waals surface area (Å²) in [5.74, 6) is -0.274. The zero-order valence-electron chi connectivity index (χ0n) is 9.09. The zero-order valence-corrected chi connectivity index (χ0v) is 9.85. The molecule has 0 aliphatic heterocycles. The summed E-state index contributed by atoms with van der Waals surface area (Å²) in [5.41, 5.74) is 0.771. The van der Waals surface area contributed by atoms with E-state index in [-0.39, 0.29) is 11.1 Å². The van der Waals surface area contributed by atoms with Crippen LogP contribution in [0.25, 0.3) is 0 Å². The van der Waals surface area contributed by atoms with Crippen LogP contribution < -0.4 is 5.32 Å². The van der Waals surface area contributed by atoms with Crippen LogP contribution in [-0.4, -0.2) is 15.9 Å². The third-order valence-corrected chi connectivity index (χ3v) is 2.31. The highest BCUT2D eigenvalue weighted by atomic mass is 35.5. The van der Waals surface area contributed by atoms with E-state index in [1.165, 1.54) is 18.3 Å². The molecule has 0 unspecified atom stereocenters. The fourth-order valence-electron chi connectivity index (χ4n) is 1.30. The quantitative estimate of drug-likeness (QED) is 0.838. The molecule has 1 amide bonds. The van der Waals surface area contributed by atoms with Crippen LogP contribution in [0.5, 0.6) is 0 Å². The van der Waals surface area contributed by atoms with Crippen molar-refractivity contribution >= 4 is 23.5 Å². The van der Waals surface area contributed by atoms with Crippen molar-refractivity contribution in [2.75, 3.05) is 5.32 Å². The van der Waals surface area contributed by atoms with Gasteiger partial charge in [0.2, 0.25) is 5.95 Å². The summed E-state index contributed by atoms with van der Waals surface area (Å²) in [7, 11) is 0. The molecule has 0 radical (unpaired) electrons. The number of carbonyl (C=O) groups is 1. The van der Waals surface area contributed by atoms with Gasteiger partial charge in [0.15, 0.2) is 0 Å². The Balaban J connectivity index is 2.20. The van der Waals surface area contributed by atoms with Crippen LogP contribution in [0, 0.1) is 11.3 Å². The number of anilines is 1. The Bertz CT molecular complexity index is 636. The summed E-state index contributed by atoms with van der Waals surface area (Å²) in [6, 6.07) is 9.80. The predicted octanol–water partition coefficient (Wildman–Crippen LogP) is 2.25. The lowest BCUT2D eigenvalue weighted by molar-refractivity contribution is 0.102. The van der Waals surface area contributed by atoms with Gasteiger partial charge in [0.1, 0.15) is 5.15 Å². The second-order valence-corrected chi connectivity index (χ2v) is 3.74. The largest absolute Gasteiger partial charge is 0.290 e. The number of rotatable bonds is 2. The smallest absolute Gasteiger partial charge is 0.258 e. The first-order valence-corrected chi connectivity index (χ1v) is 5.37. The second-order valence-electron chi connectivity index (χ2n) is 3.35. The molecule has 1 aromatic heterocycles. The molecule has 0 saturated carbocycles. The molecule has 0 bridgehead atoms. The predicted molar refractivity (Wildman–Crippen MR) is 66.2 cm³/mol. The average Bonchev–Trinajstić information content (AvgIpc) is 2.39. The first-order valence-electron chi connectivity index (χ1n) is 4.99. The molecule has 6 heteroatoms. The number of nitrogens with zero attached hydrogens (tertiary/aromatic N) is 3. The molecule has 0 aliphatic rings. The Morgan fingerprint density at radius 2 is 2.22 bits per heavy atom. The van der Waals surface area contributed by atoms with Gasteiger partial charge in [0, 0.05) is 11.8 Å². The summed E-state index contributed by atoms with van der Waals surface area (Å²) < 4.78 is 0. The van der Waals surface area contributed by atoms with Crippen LogP contribution in [0.2, 0.25) is 5.15 Å². The molecule has 0 atom stereocenters. The van der Waals surface area contributed by atoms with Gasteiger partial charge >= 0.3 is 0 Å². The fourth-order valence-corrected chi connectivity index (χ4v) is 1.44. The standard InChI is InChI=1S/C12H7ClN4O/c13-10-4-5-15-12(16-10)17-11(18)9-3-1-2-8(6-9)7-14/h1-6H,(H,15,16,17,18). The number of carbonyl (C=O) groups excluding carboxylic acids is 1. The lowest BCUT2D eigenvalue weighted by Crippen LogP contribution is -2.14. The van der Waals surface area contributed by atoms with Gasteiger partial charge in [0.25, 0.3) is 5.91 Å². The molecule has 1 N–H and O–H groups in total. The van der Waals surface area contributed by atoms with Crippen LogP contribution in [-0.2, 0) is 0 Å². The topological polar surface area (TPSA) is 78.7 Å². The number of nitriles is 1. The SMILES string of the molecule is N#Cc1cccc(C(=O)Nc2nccc(Cl)n2)c1. The molecule has 0 spiro atoms. The first-order chi connectivity index (χ1) is 8.69. The second kappa shape index (κ2) is 5.25. The molecule has 5 nitrogen and oxygen atoms in total. The third-order valence-electron chi connectivity index (χ3n) is 2.10. The Labute approximate surface area is 108 Å². The maximum absolute atomic E-state index is 11.8. The van der Waals surface area contributed by atoms with Crippen molar-refractivity contribution < 1.29 is 4.79 Å². The fraction of sp³-hybridized carbons (Fsp3) is 0. The van der Waals surface area contributed by atoms with E-state index in [2.05, 4.69) is 15.3 Å². The molecular weight excluding hydrogens is 252 g/mol. The molecule has 2 aromatic rings. The highest BCUT2D eigenvalue weighted by Gasteiger charge is 2.08. The lowest BCUT2D eigenvalue weighted by atomic mass is 10.1. The first kappa shape index (κ1) is 12.0. The van der Waals surface area contributed by atoms with Gasteiger partial charge in [-0.2, -0.15) is 5.26 Å². The van der Waals surface area contributed by atoms with Crippen molar-refractivity contribution in [3.05, 3.63) is 52.8 Å². The van der Waals surface area contributed by atoms with Crippen molar-refractivity contribution in [3.8, 4) is 6.07 Å².